The standard InChI is InChI=1S/C15H22NSi/c1-15(2,3)16-13-10-11-8-6-7-9-12(11)14(13)17(4)5/h6-10,14,16H,1-5H3. The first-order chi connectivity index (χ1) is 7.88. The van der Waals surface area contributed by atoms with E-state index in [1.165, 1.54) is 16.8 Å². The number of fused-ring (bicyclic) bond motifs is 1. The summed E-state index contributed by atoms with van der Waals surface area (Å²) in [5.41, 5.74) is 5.09. The van der Waals surface area contributed by atoms with Crippen LogP contribution in [-0.4, -0.2) is 14.3 Å². The van der Waals surface area contributed by atoms with Crippen LogP contribution < -0.4 is 5.32 Å². The van der Waals surface area contributed by atoms with Gasteiger partial charge in [0.2, 0.25) is 0 Å². The number of nitrogens with one attached hydrogen (secondary N) is 1. The number of benzene rings is 1. The van der Waals surface area contributed by atoms with Crippen LogP contribution in [0.4, 0.5) is 0 Å². The highest BCUT2D eigenvalue weighted by molar-refractivity contribution is 6.58. The van der Waals surface area contributed by atoms with Crippen LogP contribution in [0.2, 0.25) is 13.1 Å². The van der Waals surface area contributed by atoms with Crippen molar-refractivity contribution in [2.24, 2.45) is 0 Å². The molecule has 17 heavy (non-hydrogen) atoms. The molecule has 0 bridgehead atoms. The molecule has 0 aliphatic heterocycles. The molecule has 1 radical (unpaired) electrons. The van der Waals surface area contributed by atoms with Crippen LogP contribution in [-0.2, 0) is 0 Å². The van der Waals surface area contributed by atoms with Gasteiger partial charge >= 0.3 is 0 Å². The fraction of sp³-hybridized carbons (Fsp3) is 0.467. The maximum Gasteiger partial charge on any atom is 0.0575 e. The molecule has 1 aliphatic rings. The Bertz CT molecular complexity index is 440. The van der Waals surface area contributed by atoms with Crippen molar-refractivity contribution in [1.82, 2.24) is 5.32 Å². The van der Waals surface area contributed by atoms with Gasteiger partial charge in [0.15, 0.2) is 0 Å². The summed E-state index contributed by atoms with van der Waals surface area (Å²) in [7, 11) is -0.375. The van der Waals surface area contributed by atoms with E-state index >= 15 is 0 Å². The number of allylic oxidation sites excluding steroid dienone is 1. The second kappa shape index (κ2) is 4.34. The molecular formula is C15H22NSi. The van der Waals surface area contributed by atoms with E-state index in [1.807, 2.05) is 0 Å². The van der Waals surface area contributed by atoms with Crippen molar-refractivity contribution in [2.75, 3.05) is 0 Å². The first kappa shape index (κ1) is 12.4. The molecule has 0 saturated heterocycles. The summed E-state index contributed by atoms with van der Waals surface area (Å²) in [6, 6.07) is 8.80. The Morgan fingerprint density at radius 2 is 1.76 bits per heavy atom. The summed E-state index contributed by atoms with van der Waals surface area (Å²) in [4.78, 5) is 0. The van der Waals surface area contributed by atoms with Crippen LogP contribution in [0.5, 0.6) is 0 Å². The highest BCUT2D eigenvalue weighted by Crippen LogP contribution is 2.37. The lowest BCUT2D eigenvalue weighted by atomic mass is 10.1. The zero-order valence-corrected chi connectivity index (χ0v) is 12.5. The third-order valence-corrected chi connectivity index (χ3v) is 4.80. The van der Waals surface area contributed by atoms with Gasteiger partial charge in [-0.25, -0.2) is 0 Å². The molecule has 0 amide bonds. The minimum Gasteiger partial charge on any atom is -0.383 e. The molecule has 1 aromatic rings. The molecule has 91 valence electrons. The summed E-state index contributed by atoms with van der Waals surface area (Å²) >= 11 is 0. The molecule has 1 nitrogen and oxygen atoms in total. The highest BCUT2D eigenvalue weighted by atomic mass is 28.3. The van der Waals surface area contributed by atoms with Crippen molar-refractivity contribution in [2.45, 2.75) is 44.9 Å². The van der Waals surface area contributed by atoms with Crippen molar-refractivity contribution >= 4 is 14.9 Å². The molecule has 0 aromatic heterocycles. The van der Waals surface area contributed by atoms with Crippen molar-refractivity contribution in [3.63, 3.8) is 0 Å². The minimum atomic E-state index is -0.375. The van der Waals surface area contributed by atoms with Crippen LogP contribution in [0, 0.1) is 0 Å². The predicted octanol–water partition coefficient (Wildman–Crippen LogP) is 3.81. The highest BCUT2D eigenvalue weighted by Gasteiger charge is 2.30. The van der Waals surface area contributed by atoms with E-state index in [4.69, 9.17) is 0 Å². The Kier molecular flexibility index (Phi) is 3.17. The van der Waals surface area contributed by atoms with Crippen molar-refractivity contribution < 1.29 is 0 Å². The zero-order chi connectivity index (χ0) is 12.6. The SMILES string of the molecule is C[Si](C)C1C(NC(C)(C)C)=Cc2ccccc21. The summed E-state index contributed by atoms with van der Waals surface area (Å²) < 4.78 is 0. The van der Waals surface area contributed by atoms with Crippen LogP contribution in [0.15, 0.2) is 30.0 Å². The zero-order valence-electron chi connectivity index (χ0n) is 11.5. The van der Waals surface area contributed by atoms with E-state index in [9.17, 15) is 0 Å². The number of rotatable bonds is 2. The molecule has 0 spiro atoms. The fourth-order valence-corrected chi connectivity index (χ4v) is 4.15. The van der Waals surface area contributed by atoms with Gasteiger partial charge in [0.1, 0.15) is 0 Å². The second-order valence-corrected chi connectivity index (χ2v) is 8.85. The van der Waals surface area contributed by atoms with E-state index in [-0.39, 0.29) is 14.3 Å². The molecule has 1 unspecified atom stereocenters. The van der Waals surface area contributed by atoms with Gasteiger partial charge in [-0.05, 0) is 38.0 Å². The van der Waals surface area contributed by atoms with Crippen LogP contribution >= 0.6 is 0 Å². The first-order valence-electron chi connectivity index (χ1n) is 6.27. The van der Waals surface area contributed by atoms with Gasteiger partial charge in [0, 0.05) is 16.8 Å². The lowest BCUT2D eigenvalue weighted by Gasteiger charge is -2.28. The Morgan fingerprint density at radius 1 is 1.12 bits per heavy atom. The average Bonchev–Trinajstić information content (AvgIpc) is 2.51. The lowest BCUT2D eigenvalue weighted by Crippen LogP contribution is -2.38. The van der Waals surface area contributed by atoms with Crippen molar-refractivity contribution in [3.05, 3.63) is 41.1 Å². The van der Waals surface area contributed by atoms with Gasteiger partial charge in [0.05, 0.1) is 8.80 Å². The largest absolute Gasteiger partial charge is 0.383 e. The third kappa shape index (κ3) is 2.63. The summed E-state index contributed by atoms with van der Waals surface area (Å²) in [6.07, 6.45) is 2.34. The summed E-state index contributed by atoms with van der Waals surface area (Å²) in [5.74, 6) is 0. The lowest BCUT2D eigenvalue weighted by molar-refractivity contribution is 0.468. The van der Waals surface area contributed by atoms with Crippen LogP contribution in [0.3, 0.4) is 0 Å². The van der Waals surface area contributed by atoms with Gasteiger partial charge in [-0.1, -0.05) is 37.4 Å². The maximum absolute atomic E-state index is 3.68. The van der Waals surface area contributed by atoms with E-state index < -0.39 is 0 Å². The monoisotopic (exact) mass is 244 g/mol. The molecule has 0 saturated carbocycles. The minimum absolute atomic E-state index is 0.142. The topological polar surface area (TPSA) is 12.0 Å². The van der Waals surface area contributed by atoms with Crippen LogP contribution in [0.1, 0.15) is 37.4 Å². The quantitative estimate of drug-likeness (QED) is 0.780. The Morgan fingerprint density at radius 3 is 2.35 bits per heavy atom. The van der Waals surface area contributed by atoms with Crippen LogP contribution in [0.25, 0.3) is 6.08 Å². The normalized spacial score (nSPS) is 19.2. The van der Waals surface area contributed by atoms with Gasteiger partial charge in [-0.2, -0.15) is 0 Å². The molecule has 1 N–H and O–H groups in total. The van der Waals surface area contributed by atoms with Gasteiger partial charge < -0.3 is 5.32 Å². The van der Waals surface area contributed by atoms with Crippen molar-refractivity contribution in [3.8, 4) is 0 Å². The smallest absolute Gasteiger partial charge is 0.0575 e. The average molecular weight is 244 g/mol. The summed E-state index contributed by atoms with van der Waals surface area (Å²) in [5, 5.41) is 3.68. The molecule has 2 heteroatoms. The molecule has 0 heterocycles. The second-order valence-electron chi connectivity index (χ2n) is 6.11. The molecule has 1 aromatic carbocycles. The maximum atomic E-state index is 3.68. The Labute approximate surface area is 107 Å². The Hall–Kier alpha value is -1.02. The molecule has 1 aliphatic carbocycles. The predicted molar refractivity (Wildman–Crippen MR) is 77.5 cm³/mol. The summed E-state index contributed by atoms with van der Waals surface area (Å²) in [6.45, 7) is 11.5. The molecule has 1 atom stereocenters. The van der Waals surface area contributed by atoms with Crippen molar-refractivity contribution in [1.29, 1.82) is 0 Å². The Balaban J connectivity index is 2.36. The van der Waals surface area contributed by atoms with E-state index in [0.29, 0.717) is 5.54 Å². The van der Waals surface area contributed by atoms with Gasteiger partial charge in [-0.3, -0.25) is 0 Å². The first-order valence-corrected chi connectivity index (χ1v) is 8.85. The molecule has 0 fully saturated rings. The van der Waals surface area contributed by atoms with Gasteiger partial charge in [-0.15, -0.1) is 0 Å². The van der Waals surface area contributed by atoms with E-state index in [1.54, 1.807) is 0 Å². The van der Waals surface area contributed by atoms with E-state index in [2.05, 4.69) is 69.5 Å². The fourth-order valence-electron chi connectivity index (χ4n) is 2.49. The third-order valence-electron chi connectivity index (χ3n) is 3.03. The van der Waals surface area contributed by atoms with Gasteiger partial charge in [0.25, 0.3) is 0 Å². The molecular weight excluding hydrogens is 222 g/mol. The molecule has 2 rings (SSSR count). The van der Waals surface area contributed by atoms with E-state index in [0.717, 1.165) is 0 Å². The number of hydrogen-bond acceptors (Lipinski definition) is 1. The number of hydrogen-bond donors (Lipinski definition) is 1.